The van der Waals surface area contributed by atoms with Crippen LogP contribution in [-0.4, -0.2) is 48.1 Å². The number of hydrogen-bond acceptors (Lipinski definition) is 2. The summed E-state index contributed by atoms with van der Waals surface area (Å²) in [5.74, 6) is 0. The first kappa shape index (κ1) is 12.0. The standard InChI is InChI=1S/C12H26N2/c1-11(2)14(12(3)4)10-9-13-7-5-6-8-13/h11-12H,5-10H2,1-4H3. The van der Waals surface area contributed by atoms with E-state index in [4.69, 9.17) is 0 Å². The van der Waals surface area contributed by atoms with E-state index in [-0.39, 0.29) is 0 Å². The fraction of sp³-hybridized carbons (Fsp3) is 1.00. The van der Waals surface area contributed by atoms with Crippen LogP contribution in [0.4, 0.5) is 0 Å². The zero-order valence-corrected chi connectivity index (χ0v) is 10.3. The highest BCUT2D eigenvalue weighted by Gasteiger charge is 2.16. The van der Waals surface area contributed by atoms with E-state index in [1.807, 2.05) is 0 Å². The molecule has 0 aromatic carbocycles. The van der Waals surface area contributed by atoms with E-state index >= 15 is 0 Å². The third-order valence-corrected chi connectivity index (χ3v) is 3.20. The molecule has 0 atom stereocenters. The lowest BCUT2D eigenvalue weighted by Gasteiger charge is -2.32. The third-order valence-electron chi connectivity index (χ3n) is 3.20. The molecule has 1 heterocycles. The molecule has 0 aliphatic carbocycles. The molecule has 0 amide bonds. The van der Waals surface area contributed by atoms with Crippen LogP contribution in [0.1, 0.15) is 40.5 Å². The first-order chi connectivity index (χ1) is 6.61. The minimum atomic E-state index is 0.678. The van der Waals surface area contributed by atoms with Gasteiger partial charge in [-0.15, -0.1) is 0 Å². The highest BCUT2D eigenvalue weighted by molar-refractivity contribution is 4.72. The minimum absolute atomic E-state index is 0.678. The Morgan fingerprint density at radius 3 is 1.93 bits per heavy atom. The summed E-state index contributed by atoms with van der Waals surface area (Å²) >= 11 is 0. The summed E-state index contributed by atoms with van der Waals surface area (Å²) in [7, 11) is 0. The zero-order valence-electron chi connectivity index (χ0n) is 10.3. The molecule has 2 nitrogen and oxygen atoms in total. The lowest BCUT2D eigenvalue weighted by Crippen LogP contribution is -2.42. The third kappa shape index (κ3) is 3.58. The number of nitrogens with zero attached hydrogens (tertiary/aromatic N) is 2. The monoisotopic (exact) mass is 198 g/mol. The first-order valence-corrected chi connectivity index (χ1v) is 6.09. The molecule has 0 saturated carbocycles. The molecule has 0 spiro atoms. The van der Waals surface area contributed by atoms with Gasteiger partial charge in [-0.1, -0.05) is 0 Å². The van der Waals surface area contributed by atoms with Gasteiger partial charge < -0.3 is 4.90 Å². The molecule has 2 heteroatoms. The maximum absolute atomic E-state index is 2.60. The average molecular weight is 198 g/mol. The molecule has 1 fully saturated rings. The summed E-state index contributed by atoms with van der Waals surface area (Å²) in [4.78, 5) is 5.18. The fourth-order valence-corrected chi connectivity index (χ4v) is 2.38. The smallest absolute Gasteiger partial charge is 0.0115 e. The van der Waals surface area contributed by atoms with Gasteiger partial charge in [0, 0.05) is 25.2 Å². The Labute approximate surface area is 89.3 Å². The highest BCUT2D eigenvalue weighted by Crippen LogP contribution is 2.09. The second-order valence-corrected chi connectivity index (χ2v) is 4.97. The molecule has 0 N–H and O–H groups in total. The Morgan fingerprint density at radius 1 is 1.00 bits per heavy atom. The largest absolute Gasteiger partial charge is 0.302 e. The van der Waals surface area contributed by atoms with Crippen molar-refractivity contribution >= 4 is 0 Å². The van der Waals surface area contributed by atoms with Gasteiger partial charge in [0.15, 0.2) is 0 Å². The Morgan fingerprint density at radius 2 is 1.50 bits per heavy atom. The maximum Gasteiger partial charge on any atom is 0.0115 e. The van der Waals surface area contributed by atoms with Crippen molar-refractivity contribution in [2.75, 3.05) is 26.2 Å². The summed E-state index contributed by atoms with van der Waals surface area (Å²) in [5.41, 5.74) is 0. The predicted molar refractivity (Wildman–Crippen MR) is 62.7 cm³/mol. The Kier molecular flexibility index (Phi) is 4.90. The van der Waals surface area contributed by atoms with Gasteiger partial charge in [0.05, 0.1) is 0 Å². The SMILES string of the molecule is CC(C)N(CCN1CCCC1)C(C)C. The second-order valence-electron chi connectivity index (χ2n) is 4.97. The molecule has 0 aromatic heterocycles. The van der Waals surface area contributed by atoms with Crippen LogP contribution in [0.3, 0.4) is 0 Å². The summed E-state index contributed by atoms with van der Waals surface area (Å²) in [6.45, 7) is 14.3. The molecule has 14 heavy (non-hydrogen) atoms. The predicted octanol–water partition coefficient (Wildman–Crippen LogP) is 2.20. The number of hydrogen-bond donors (Lipinski definition) is 0. The van der Waals surface area contributed by atoms with Crippen LogP contribution in [0.2, 0.25) is 0 Å². The molecule has 1 saturated heterocycles. The van der Waals surface area contributed by atoms with Crippen LogP contribution in [0, 0.1) is 0 Å². The summed E-state index contributed by atoms with van der Waals surface area (Å²) in [6, 6.07) is 1.36. The summed E-state index contributed by atoms with van der Waals surface area (Å²) < 4.78 is 0. The van der Waals surface area contributed by atoms with Crippen LogP contribution in [0.15, 0.2) is 0 Å². The Bertz CT molecular complexity index is 140. The lowest BCUT2D eigenvalue weighted by molar-refractivity contribution is 0.152. The normalized spacial score (nSPS) is 19.1. The van der Waals surface area contributed by atoms with E-state index in [9.17, 15) is 0 Å². The first-order valence-electron chi connectivity index (χ1n) is 6.09. The highest BCUT2D eigenvalue weighted by atomic mass is 15.2. The molecular formula is C12H26N2. The van der Waals surface area contributed by atoms with Crippen molar-refractivity contribution in [3.8, 4) is 0 Å². The van der Waals surface area contributed by atoms with Crippen LogP contribution < -0.4 is 0 Å². The molecule has 1 aliphatic heterocycles. The summed E-state index contributed by atoms with van der Waals surface area (Å²) in [6.07, 6.45) is 2.81. The molecule has 0 aromatic rings. The van der Waals surface area contributed by atoms with Crippen molar-refractivity contribution < 1.29 is 0 Å². The zero-order chi connectivity index (χ0) is 10.6. The average Bonchev–Trinajstić information content (AvgIpc) is 2.55. The van der Waals surface area contributed by atoms with Gasteiger partial charge in [-0.2, -0.15) is 0 Å². The van der Waals surface area contributed by atoms with Gasteiger partial charge in [0.25, 0.3) is 0 Å². The molecule has 1 aliphatic rings. The quantitative estimate of drug-likeness (QED) is 0.668. The second kappa shape index (κ2) is 5.72. The summed E-state index contributed by atoms with van der Waals surface area (Å²) in [5, 5.41) is 0. The van der Waals surface area contributed by atoms with Crippen molar-refractivity contribution in [1.29, 1.82) is 0 Å². The Hall–Kier alpha value is -0.0800. The van der Waals surface area contributed by atoms with Gasteiger partial charge >= 0.3 is 0 Å². The molecule has 84 valence electrons. The van der Waals surface area contributed by atoms with Gasteiger partial charge in [0.2, 0.25) is 0 Å². The van der Waals surface area contributed by atoms with E-state index in [0.717, 1.165) is 0 Å². The molecule has 0 bridgehead atoms. The van der Waals surface area contributed by atoms with Gasteiger partial charge in [-0.05, 0) is 53.6 Å². The minimum Gasteiger partial charge on any atom is -0.302 e. The fourth-order valence-electron chi connectivity index (χ4n) is 2.38. The number of likely N-dealkylation sites (tertiary alicyclic amines) is 1. The van der Waals surface area contributed by atoms with Gasteiger partial charge in [0.1, 0.15) is 0 Å². The molecule has 1 rings (SSSR count). The van der Waals surface area contributed by atoms with Gasteiger partial charge in [-0.3, -0.25) is 4.90 Å². The van der Waals surface area contributed by atoms with Crippen molar-refractivity contribution in [3.05, 3.63) is 0 Å². The van der Waals surface area contributed by atoms with Crippen molar-refractivity contribution in [2.45, 2.75) is 52.6 Å². The van der Waals surface area contributed by atoms with E-state index in [1.54, 1.807) is 0 Å². The van der Waals surface area contributed by atoms with Crippen molar-refractivity contribution in [2.24, 2.45) is 0 Å². The van der Waals surface area contributed by atoms with Gasteiger partial charge in [-0.25, -0.2) is 0 Å². The topological polar surface area (TPSA) is 6.48 Å². The van der Waals surface area contributed by atoms with Crippen LogP contribution in [0.5, 0.6) is 0 Å². The van der Waals surface area contributed by atoms with E-state index < -0.39 is 0 Å². The van der Waals surface area contributed by atoms with Crippen LogP contribution >= 0.6 is 0 Å². The lowest BCUT2D eigenvalue weighted by atomic mass is 10.2. The number of rotatable bonds is 5. The van der Waals surface area contributed by atoms with Crippen molar-refractivity contribution in [3.63, 3.8) is 0 Å². The maximum atomic E-state index is 2.60. The molecular weight excluding hydrogens is 172 g/mol. The Balaban J connectivity index is 2.25. The molecule has 0 radical (unpaired) electrons. The van der Waals surface area contributed by atoms with E-state index in [2.05, 4.69) is 37.5 Å². The van der Waals surface area contributed by atoms with E-state index in [1.165, 1.54) is 39.0 Å². The van der Waals surface area contributed by atoms with E-state index in [0.29, 0.717) is 12.1 Å². The van der Waals surface area contributed by atoms with Crippen molar-refractivity contribution in [1.82, 2.24) is 9.80 Å². The van der Waals surface area contributed by atoms with Crippen LogP contribution in [-0.2, 0) is 0 Å². The molecule has 0 unspecified atom stereocenters. The van der Waals surface area contributed by atoms with Crippen LogP contribution in [0.25, 0.3) is 0 Å².